The van der Waals surface area contributed by atoms with Gasteiger partial charge in [0.25, 0.3) is 5.69 Å². The van der Waals surface area contributed by atoms with Gasteiger partial charge in [-0.15, -0.1) is 4.48 Å². The highest BCUT2D eigenvalue weighted by Crippen LogP contribution is 2.29. The van der Waals surface area contributed by atoms with Crippen LogP contribution in [-0.2, 0) is 11.3 Å². The lowest BCUT2D eigenvalue weighted by Gasteiger charge is -2.27. The van der Waals surface area contributed by atoms with Gasteiger partial charge in [0.2, 0.25) is 0 Å². The third kappa shape index (κ3) is 3.15. The third-order valence-electron chi connectivity index (χ3n) is 4.04. The molecule has 3 atom stereocenters. The maximum absolute atomic E-state index is 12.3. The van der Waals surface area contributed by atoms with Crippen LogP contribution in [0.25, 0.3) is 0 Å². The van der Waals surface area contributed by atoms with E-state index >= 15 is 0 Å². The van der Waals surface area contributed by atoms with Crippen LogP contribution in [0.4, 0.5) is 15.3 Å². The van der Waals surface area contributed by atoms with E-state index in [1.807, 2.05) is 0 Å². The molecule has 0 aliphatic carbocycles. The molecule has 23 heavy (non-hydrogen) atoms. The van der Waals surface area contributed by atoms with Gasteiger partial charge in [-0.3, -0.25) is 10.1 Å². The van der Waals surface area contributed by atoms with Crippen LogP contribution >= 0.6 is 0 Å². The van der Waals surface area contributed by atoms with E-state index in [9.17, 15) is 29.9 Å². The Morgan fingerprint density at radius 2 is 2.00 bits per heavy atom. The third-order valence-corrected chi connectivity index (χ3v) is 4.04. The summed E-state index contributed by atoms with van der Waals surface area (Å²) in [6.07, 6.45) is -3.02. The second-order valence-corrected chi connectivity index (χ2v) is 5.55. The van der Waals surface area contributed by atoms with Crippen LogP contribution in [-0.4, -0.2) is 50.5 Å². The molecule has 0 bridgehead atoms. The number of benzene rings is 1. The number of carbonyl (C=O) groups excluding carboxylic acids is 1. The van der Waals surface area contributed by atoms with Gasteiger partial charge in [-0.05, 0) is 24.6 Å². The van der Waals surface area contributed by atoms with E-state index in [0.717, 1.165) is 0 Å². The molecular formula is C14H17N2O7+. The van der Waals surface area contributed by atoms with Gasteiger partial charge in [0, 0.05) is 18.6 Å². The summed E-state index contributed by atoms with van der Waals surface area (Å²) < 4.78 is 4.09. The molecule has 1 aliphatic rings. The Morgan fingerprint density at radius 1 is 1.39 bits per heavy atom. The number of carboxylic acid groups (broad SMARTS) is 1. The van der Waals surface area contributed by atoms with Crippen LogP contribution < -0.4 is 0 Å². The molecule has 2 N–H and O–H groups in total. The van der Waals surface area contributed by atoms with E-state index in [1.54, 1.807) is 6.92 Å². The van der Waals surface area contributed by atoms with Crippen LogP contribution in [0.3, 0.4) is 0 Å². The number of nitrogens with zero attached hydrogens (tertiary/aromatic N) is 2. The molecule has 2 amide bonds. The molecule has 9 nitrogen and oxygen atoms in total. The number of nitro benzene ring substituents is 1. The highest BCUT2D eigenvalue weighted by molar-refractivity contribution is 5.75. The first kappa shape index (κ1) is 16.8. The lowest BCUT2D eigenvalue weighted by Crippen LogP contribution is -2.59. The van der Waals surface area contributed by atoms with E-state index in [0.29, 0.717) is 5.56 Å². The summed E-state index contributed by atoms with van der Waals surface area (Å²) in [4.78, 5) is 33.8. The summed E-state index contributed by atoms with van der Waals surface area (Å²) in [5.41, 5.74) is 0.408. The fraction of sp³-hybridized carbons (Fsp3) is 0.429. The number of non-ortho nitro benzene ring substituents is 1. The first-order valence-corrected chi connectivity index (χ1v) is 6.97. The van der Waals surface area contributed by atoms with E-state index < -0.39 is 33.7 Å². The molecule has 0 saturated carbocycles. The number of aliphatic hydroxyl groups is 1. The highest BCUT2D eigenvalue weighted by Gasteiger charge is 2.58. The molecule has 1 saturated heterocycles. The van der Waals surface area contributed by atoms with Crippen LogP contribution in [0.1, 0.15) is 18.9 Å². The van der Waals surface area contributed by atoms with Crippen molar-refractivity contribution in [3.8, 4) is 0 Å². The summed E-state index contributed by atoms with van der Waals surface area (Å²) in [5.74, 6) is 0. The van der Waals surface area contributed by atoms with Gasteiger partial charge in [-0.25, -0.2) is 0 Å². The van der Waals surface area contributed by atoms with E-state index in [4.69, 9.17) is 4.74 Å². The minimum Gasteiger partial charge on any atom is -0.435 e. The van der Waals surface area contributed by atoms with Crippen LogP contribution in [0, 0.1) is 10.1 Å². The average molecular weight is 325 g/mol. The van der Waals surface area contributed by atoms with Crippen LogP contribution in [0.2, 0.25) is 0 Å². The number of nitro groups is 1. The van der Waals surface area contributed by atoms with Gasteiger partial charge in [-0.1, -0.05) is 0 Å². The number of quaternary nitrogens is 1. The Bertz CT molecular complexity index is 631. The predicted octanol–water partition coefficient (Wildman–Crippen LogP) is 1.88. The van der Waals surface area contributed by atoms with Gasteiger partial charge in [-0.2, -0.15) is 9.59 Å². The zero-order valence-electron chi connectivity index (χ0n) is 12.4. The molecule has 2 unspecified atom stereocenters. The molecule has 124 valence electrons. The Morgan fingerprint density at radius 3 is 2.43 bits per heavy atom. The molecule has 1 aliphatic heterocycles. The summed E-state index contributed by atoms with van der Waals surface area (Å²) in [6.45, 7) is 1.12. The Kier molecular flexibility index (Phi) is 4.62. The first-order valence-electron chi connectivity index (χ1n) is 6.97. The minimum atomic E-state index is -1.37. The maximum Gasteiger partial charge on any atom is 0.527 e. The van der Waals surface area contributed by atoms with Gasteiger partial charge in [0.1, 0.15) is 25.3 Å². The van der Waals surface area contributed by atoms with Crippen LogP contribution in [0.15, 0.2) is 24.3 Å². The Labute approximate surface area is 131 Å². The summed E-state index contributed by atoms with van der Waals surface area (Å²) >= 11 is 0. The second-order valence-electron chi connectivity index (χ2n) is 5.55. The number of hydrogen-bond donors (Lipinski definition) is 2. The lowest BCUT2D eigenvalue weighted by molar-refractivity contribution is -0.797. The number of ether oxygens (including phenoxy) is 1. The Hall–Kier alpha value is -2.52. The molecule has 1 aromatic carbocycles. The number of likely N-dealkylation sites (tertiary alicyclic amines) is 1. The molecule has 1 fully saturated rings. The van der Waals surface area contributed by atoms with Gasteiger partial charge in [0.05, 0.1) is 4.92 Å². The van der Waals surface area contributed by atoms with Gasteiger partial charge in [0.15, 0.2) is 0 Å². The zero-order chi connectivity index (χ0) is 17.2. The smallest absolute Gasteiger partial charge is 0.435 e. The first-order chi connectivity index (χ1) is 10.8. The molecule has 0 radical (unpaired) electrons. The minimum absolute atomic E-state index is 0.0922. The van der Waals surface area contributed by atoms with Crippen molar-refractivity contribution in [1.82, 2.24) is 0 Å². The highest BCUT2D eigenvalue weighted by atomic mass is 16.6. The van der Waals surface area contributed by atoms with Crippen molar-refractivity contribution in [2.24, 2.45) is 0 Å². The fourth-order valence-corrected chi connectivity index (χ4v) is 2.73. The molecule has 2 rings (SSSR count). The van der Waals surface area contributed by atoms with Gasteiger partial charge >= 0.3 is 12.2 Å². The molecule has 0 spiro atoms. The maximum atomic E-state index is 12.3. The lowest BCUT2D eigenvalue weighted by atomic mass is 10.2. The topological polar surface area (TPSA) is 127 Å². The summed E-state index contributed by atoms with van der Waals surface area (Å²) in [7, 11) is 0. The standard InChI is InChI=1S/C14H16N2O7/c1-9-6-12(17)7-16(9,13(18)19)14(20)23-8-10-2-4-11(5-3-10)15(21)22/h2-5,9,12,17H,6-8H2,1H3/p+1/t9-,12?,16?/m1/s1. The number of hydrogen-bond acceptors (Lipinski definition) is 6. The van der Waals surface area contributed by atoms with Crippen molar-refractivity contribution in [2.75, 3.05) is 6.54 Å². The average Bonchev–Trinajstić information content (AvgIpc) is 2.80. The number of rotatable bonds is 3. The van der Waals surface area contributed by atoms with Crippen molar-refractivity contribution in [1.29, 1.82) is 0 Å². The number of amides is 2. The number of imide groups is 1. The van der Waals surface area contributed by atoms with E-state index in [-0.39, 0.29) is 25.3 Å². The number of aliphatic hydroxyl groups excluding tert-OH is 1. The van der Waals surface area contributed by atoms with E-state index in [1.165, 1.54) is 24.3 Å². The van der Waals surface area contributed by atoms with Crippen molar-refractivity contribution in [3.63, 3.8) is 0 Å². The van der Waals surface area contributed by atoms with Crippen LogP contribution in [0.5, 0.6) is 0 Å². The molecule has 1 aromatic rings. The molecular weight excluding hydrogens is 308 g/mol. The normalized spacial score (nSPS) is 26.7. The SMILES string of the molecule is C[C@@H]1CC(O)C[N+]1(C(=O)O)C(=O)OCc1ccc([N+](=O)[O-])cc1. The number of carbonyl (C=O) groups is 2. The second kappa shape index (κ2) is 6.31. The van der Waals surface area contributed by atoms with Crippen molar-refractivity contribution in [3.05, 3.63) is 39.9 Å². The van der Waals surface area contributed by atoms with Crippen molar-refractivity contribution in [2.45, 2.75) is 32.1 Å². The van der Waals surface area contributed by atoms with Crippen molar-refractivity contribution < 1.29 is 33.9 Å². The van der Waals surface area contributed by atoms with E-state index in [2.05, 4.69) is 0 Å². The largest absolute Gasteiger partial charge is 0.527 e. The molecule has 0 aromatic heterocycles. The summed E-state index contributed by atoms with van der Waals surface area (Å²) in [6, 6.07) is 4.80. The quantitative estimate of drug-likeness (QED) is 0.493. The molecule has 1 heterocycles. The monoisotopic (exact) mass is 325 g/mol. The van der Waals surface area contributed by atoms with Gasteiger partial charge < -0.3 is 14.9 Å². The zero-order valence-corrected chi connectivity index (χ0v) is 12.4. The Balaban J connectivity index is 2.08. The van der Waals surface area contributed by atoms with Crippen molar-refractivity contribution >= 4 is 17.9 Å². The predicted molar refractivity (Wildman–Crippen MR) is 76.5 cm³/mol. The fourth-order valence-electron chi connectivity index (χ4n) is 2.73. The molecule has 9 heteroatoms. The summed E-state index contributed by atoms with van der Waals surface area (Å²) in [5, 5.41) is 29.6.